The summed E-state index contributed by atoms with van der Waals surface area (Å²) in [6, 6.07) is 0. The minimum absolute atomic E-state index is 0. The van der Waals surface area contributed by atoms with E-state index in [2.05, 4.69) is 115 Å². The Morgan fingerprint density at radius 2 is 1.10 bits per heavy atom. The molecular formula is C38H74Cl4N6O3. The Bertz CT molecular complexity index is 1750. The van der Waals surface area contributed by atoms with Crippen molar-refractivity contribution in [2.45, 2.75) is 20.8 Å². The zero-order valence-corrected chi connectivity index (χ0v) is 32.4. The molecule has 3 aliphatic rings. The maximum atomic E-state index is 9.75. The third kappa shape index (κ3) is 19.4. The Morgan fingerprint density at radius 3 is 1.53 bits per heavy atom. The zero-order valence-electron chi connectivity index (χ0n) is 29.4. The van der Waals surface area contributed by atoms with Crippen LogP contribution in [0, 0.1) is 94.7 Å². The van der Waals surface area contributed by atoms with Crippen molar-refractivity contribution in [1.82, 2.24) is 4.90 Å². The number of aliphatic hydroxyl groups is 3. The van der Waals surface area contributed by atoms with Crippen LogP contribution in [0.25, 0.3) is 0 Å². The van der Waals surface area contributed by atoms with Crippen LogP contribution in [-0.2, 0) is 0 Å². The molecular weight excluding hydrogens is 730 g/mol. The van der Waals surface area contributed by atoms with Crippen LogP contribution in [0.1, 0.15) is 42.2 Å². The number of hydrogen-bond acceptors (Lipinski definition) is 7. The van der Waals surface area contributed by atoms with E-state index in [1.54, 1.807) is 6.92 Å². The van der Waals surface area contributed by atoms with Gasteiger partial charge in [0.1, 0.15) is 39.3 Å². The highest BCUT2D eigenvalue weighted by Gasteiger charge is 2.43. The zero-order chi connectivity index (χ0) is 36.1. The van der Waals surface area contributed by atoms with Gasteiger partial charge >= 0.3 is 0 Å². The first-order chi connectivity index (χ1) is 23.9. The summed E-state index contributed by atoms with van der Waals surface area (Å²) in [6.45, 7) is 14.5. The van der Waals surface area contributed by atoms with Gasteiger partial charge in [-0.15, -0.1) is 23.2 Å². The van der Waals surface area contributed by atoms with E-state index in [9.17, 15) is 10.2 Å². The Morgan fingerprint density at radius 1 is 0.627 bits per heavy atom. The van der Waals surface area contributed by atoms with Gasteiger partial charge in [-0.1, -0.05) is 5.92 Å². The molecule has 2 unspecified atom stereocenters. The van der Waals surface area contributed by atoms with Gasteiger partial charge in [0.25, 0.3) is 5.84 Å². The van der Waals surface area contributed by atoms with E-state index >= 15 is 0 Å². The lowest BCUT2D eigenvalue weighted by Gasteiger charge is -2.38. The van der Waals surface area contributed by atoms with Crippen molar-refractivity contribution >= 4 is 40.7 Å². The molecule has 0 spiro atoms. The number of rotatable bonds is 10. The molecule has 3 N–H and O–H groups in total. The van der Waals surface area contributed by atoms with E-state index in [1.807, 2.05) is 13.8 Å². The molecule has 3 aliphatic heterocycles. The summed E-state index contributed by atoms with van der Waals surface area (Å²) in [4.78, 5) is 15.4. The molecule has 302 valence electrons. The molecule has 0 aromatic rings. The summed E-state index contributed by atoms with van der Waals surface area (Å²) in [5, 5.41) is 27.9. The monoisotopic (exact) mass is 802 g/mol. The average Bonchev–Trinajstić information content (AvgIpc) is 3.81. The lowest BCUT2D eigenvalue weighted by Crippen LogP contribution is -3.00. The van der Waals surface area contributed by atoms with E-state index < -0.39 is 0 Å². The minimum atomic E-state index is 0. The highest BCUT2D eigenvalue weighted by molar-refractivity contribution is 6.25. The molecule has 0 amide bonds. The van der Waals surface area contributed by atoms with Crippen molar-refractivity contribution in [2.24, 2.45) is 15.0 Å². The van der Waals surface area contributed by atoms with Gasteiger partial charge in [0.05, 0.1) is 45.3 Å². The molecule has 13 heteroatoms. The fraction of sp³-hybridized carbons (Fsp3) is 0.500. The summed E-state index contributed by atoms with van der Waals surface area (Å²) in [7, 11) is 0. The van der Waals surface area contributed by atoms with Crippen molar-refractivity contribution in [3.05, 3.63) is 0 Å². The lowest BCUT2D eigenvalue weighted by atomic mass is 10.2. The molecule has 2 atom stereocenters. The number of halogens is 4. The van der Waals surface area contributed by atoms with Gasteiger partial charge < -0.3 is 45.0 Å². The predicted octanol–water partition coefficient (Wildman–Crippen LogP) is -1.63. The third-order valence-corrected chi connectivity index (χ3v) is 8.10. The first-order valence-corrected chi connectivity index (χ1v) is 16.9. The smallest absolute Gasteiger partial charge is 0.277 e. The fourth-order valence-electron chi connectivity index (χ4n) is 4.96. The Balaban J connectivity index is -0.0000000470. The Hall–Kier alpha value is -3.75. The highest BCUT2D eigenvalue weighted by Crippen LogP contribution is 2.20. The van der Waals surface area contributed by atoms with Crippen LogP contribution in [0.4, 0.5) is 0 Å². The average molecular weight is 805 g/mol. The Labute approximate surface area is 349 Å². The van der Waals surface area contributed by atoms with Gasteiger partial charge in [-0.2, -0.15) is 0 Å². The van der Waals surface area contributed by atoms with Gasteiger partial charge in [0, 0.05) is 59.1 Å². The summed E-state index contributed by atoms with van der Waals surface area (Å²) >= 11 is 10.1. The standard InChI is InChI=1S/C30H28N4O2.C6H12N2O.C2H4Cl2.2ClH.15H2/c1-3-4-5-6-7-8-9-10-11-12-13-14-15-16-17-18-30-32-20-22-34(30,26-28-36)24-23-33(25-27-35)21-19-31-29(33)2;1-6-7-2-3-8(6)4-5-9;3-1-2-4;;;;;;;;;;;;;;;;;/h35-36H,19-28H2,1-2H3;9H,2-5H2,1H3;1-2H2;17*1H/q+2;;;;;;;;;;;;;;;;;;;/p-2. The second-order valence-electron chi connectivity index (χ2n) is 10.4. The van der Waals surface area contributed by atoms with Crippen LogP contribution in [0.2, 0.25) is 0 Å². The molecule has 3 rings (SSSR count). The summed E-state index contributed by atoms with van der Waals surface area (Å²) in [5.41, 5.74) is 0. The molecule has 0 aliphatic carbocycles. The van der Waals surface area contributed by atoms with Crippen LogP contribution in [-0.4, -0.2) is 150 Å². The molecule has 0 saturated heterocycles. The van der Waals surface area contributed by atoms with Crippen molar-refractivity contribution in [2.75, 3.05) is 104 Å². The van der Waals surface area contributed by atoms with E-state index in [1.165, 1.54) is 0 Å². The number of alkyl halides is 2. The molecule has 0 fully saturated rings. The second kappa shape index (κ2) is 31.0. The molecule has 0 aromatic carbocycles. The maximum absolute atomic E-state index is 9.75. The summed E-state index contributed by atoms with van der Waals surface area (Å²) < 4.78 is 1.19. The van der Waals surface area contributed by atoms with Crippen LogP contribution >= 0.6 is 23.2 Å². The van der Waals surface area contributed by atoms with Crippen LogP contribution in [0.5, 0.6) is 0 Å². The maximum Gasteiger partial charge on any atom is 0.277 e. The fourth-order valence-corrected chi connectivity index (χ4v) is 4.96. The number of hydrogen-bond donors (Lipinski definition) is 3. The van der Waals surface area contributed by atoms with Gasteiger partial charge in [-0.3, -0.25) is 14.0 Å². The van der Waals surface area contributed by atoms with Gasteiger partial charge in [0.15, 0.2) is 5.84 Å². The predicted molar refractivity (Wildman–Crippen MR) is 232 cm³/mol. The molecule has 9 nitrogen and oxygen atoms in total. The molecule has 0 bridgehead atoms. The van der Waals surface area contributed by atoms with Gasteiger partial charge in [0.2, 0.25) is 0 Å². The SMILES string of the molecule is CC#CC#CC#CC#CC#CC#CC#CC#CC1=NCC[N+]1(CCO)CC[N+]1(CCO)CCN=C1C.CC1=NCCN1CCO.ClCCCl.[Cl-].[Cl-].[HH].[HH].[HH].[HH].[HH].[HH].[HH].[HH].[HH].[HH].[HH].[HH].[HH].[HH].[HH]. The Kier molecular flexibility index (Phi) is 30.0. The molecule has 0 saturated carbocycles. The number of quaternary nitrogens is 2. The summed E-state index contributed by atoms with van der Waals surface area (Å²) in [5.74, 6) is 46.1. The number of aliphatic imine (C=N–C) groups is 3. The minimum Gasteiger partial charge on any atom is -1.00 e. The topological polar surface area (TPSA) is 101 Å². The van der Waals surface area contributed by atoms with E-state index in [0.29, 0.717) is 40.4 Å². The second-order valence-corrected chi connectivity index (χ2v) is 11.1. The molecule has 0 radical (unpaired) electrons. The van der Waals surface area contributed by atoms with Crippen LogP contribution in [0.3, 0.4) is 0 Å². The van der Waals surface area contributed by atoms with E-state index in [-0.39, 0.29) is 66.0 Å². The van der Waals surface area contributed by atoms with Crippen molar-refractivity contribution in [3.8, 4) is 94.7 Å². The van der Waals surface area contributed by atoms with Gasteiger partial charge in [-0.05, 0) is 96.7 Å². The first kappa shape index (κ1) is 49.4. The van der Waals surface area contributed by atoms with Crippen molar-refractivity contribution in [1.29, 1.82) is 0 Å². The van der Waals surface area contributed by atoms with E-state index in [4.69, 9.17) is 28.3 Å². The number of β-amino-alcohol motifs (C(OH)–C–C–N with tert-alkyl or cyclic N) is 1. The molecule has 0 aromatic heterocycles. The third-order valence-electron chi connectivity index (χ3n) is 7.53. The van der Waals surface area contributed by atoms with Crippen molar-refractivity contribution < 1.29 is 70.5 Å². The van der Waals surface area contributed by atoms with Crippen molar-refractivity contribution in [3.63, 3.8) is 0 Å². The largest absolute Gasteiger partial charge is 1.00 e. The normalized spacial score (nSPS) is 18.2. The van der Waals surface area contributed by atoms with Crippen LogP contribution in [0.15, 0.2) is 15.0 Å². The van der Waals surface area contributed by atoms with E-state index in [0.717, 1.165) is 69.9 Å². The quantitative estimate of drug-likeness (QED) is 0.141. The van der Waals surface area contributed by atoms with Gasteiger partial charge in [-0.25, -0.2) is 9.98 Å². The van der Waals surface area contributed by atoms with Crippen LogP contribution < -0.4 is 24.8 Å². The molecule has 51 heavy (non-hydrogen) atoms. The highest BCUT2D eigenvalue weighted by atomic mass is 35.5. The number of aliphatic hydroxyl groups excluding tert-OH is 3. The molecule has 3 heterocycles. The summed E-state index contributed by atoms with van der Waals surface area (Å²) in [6.07, 6.45) is 0. The number of nitrogens with zero attached hydrogens (tertiary/aromatic N) is 6. The number of amidine groups is 3. The first-order valence-electron chi connectivity index (χ1n) is 15.8. The lowest BCUT2D eigenvalue weighted by molar-refractivity contribution is -0.892.